The second-order valence-electron chi connectivity index (χ2n) is 1.10. The van der Waals surface area contributed by atoms with Gasteiger partial charge in [0.1, 0.15) is 0 Å². The van der Waals surface area contributed by atoms with Gasteiger partial charge in [0.05, 0.1) is 0 Å². The van der Waals surface area contributed by atoms with Crippen molar-refractivity contribution >= 4 is 7.60 Å². The molecular formula is C2H2F3O3P. The second kappa shape index (κ2) is 2.51. The molecule has 0 rings (SSSR count). The summed E-state index contributed by atoms with van der Waals surface area (Å²) < 4.78 is 42.8. The largest absolute Gasteiger partial charge is 0.390 e. The fourth-order valence-corrected chi connectivity index (χ4v) is 0.330. The molecule has 54 valence electrons. The molecule has 3 nitrogen and oxygen atoms in total. The summed E-state index contributed by atoms with van der Waals surface area (Å²) in [6, 6.07) is 0. The lowest BCUT2D eigenvalue weighted by Crippen LogP contribution is -1.78. The molecule has 0 fully saturated rings. The topological polar surface area (TPSA) is 57.5 Å². The number of hydrogen-bond acceptors (Lipinski definition) is 1. The van der Waals surface area contributed by atoms with Gasteiger partial charge in [-0.2, -0.15) is 13.2 Å². The number of rotatable bonds is 1. The summed E-state index contributed by atoms with van der Waals surface area (Å²) >= 11 is 0. The van der Waals surface area contributed by atoms with Gasteiger partial charge in [-0.05, 0) is 0 Å². The third-order valence-corrected chi connectivity index (χ3v) is 1.09. The van der Waals surface area contributed by atoms with Gasteiger partial charge in [-0.3, -0.25) is 4.57 Å². The standard InChI is InChI=1S/C2H2F3O3P/c3-1(4)2(5)9(6,7)8/h(H2,6,7,8). The lowest BCUT2D eigenvalue weighted by atomic mass is 11.1. The van der Waals surface area contributed by atoms with Crippen molar-refractivity contribution in [2.24, 2.45) is 0 Å². The average molecular weight is 162 g/mol. The smallest absolute Gasteiger partial charge is 0.319 e. The van der Waals surface area contributed by atoms with Gasteiger partial charge in [0, 0.05) is 0 Å². The fourth-order valence-electron chi connectivity index (χ4n) is 0.110. The zero-order chi connectivity index (χ0) is 7.65. The fraction of sp³-hybridized carbons (Fsp3) is 0. The van der Waals surface area contributed by atoms with E-state index in [1.54, 1.807) is 0 Å². The van der Waals surface area contributed by atoms with Crippen molar-refractivity contribution < 1.29 is 27.5 Å². The molecule has 0 spiro atoms. The highest BCUT2D eigenvalue weighted by Gasteiger charge is 2.26. The van der Waals surface area contributed by atoms with E-state index in [1.165, 1.54) is 0 Å². The van der Waals surface area contributed by atoms with Crippen molar-refractivity contribution in [3.05, 3.63) is 11.6 Å². The zero-order valence-corrected chi connectivity index (χ0v) is 4.78. The first-order chi connectivity index (χ1) is 3.85. The van der Waals surface area contributed by atoms with Crippen LogP contribution in [0.1, 0.15) is 0 Å². The van der Waals surface area contributed by atoms with E-state index >= 15 is 0 Å². The summed E-state index contributed by atoms with van der Waals surface area (Å²) in [4.78, 5) is 15.3. The molecule has 0 radical (unpaired) electrons. The molecule has 7 heteroatoms. The number of hydrogen-bond donors (Lipinski definition) is 2. The molecule has 2 N–H and O–H groups in total. The van der Waals surface area contributed by atoms with Crippen LogP contribution in [0.15, 0.2) is 11.6 Å². The quantitative estimate of drug-likeness (QED) is 0.569. The Morgan fingerprint density at radius 1 is 1.22 bits per heavy atom. The molecular weight excluding hydrogens is 160 g/mol. The predicted octanol–water partition coefficient (Wildman–Crippen LogP) is 1.20. The summed E-state index contributed by atoms with van der Waals surface area (Å²) in [6.07, 6.45) is -2.98. The maximum Gasteiger partial charge on any atom is 0.390 e. The van der Waals surface area contributed by atoms with Gasteiger partial charge in [0.25, 0.3) is 5.57 Å². The molecule has 0 saturated carbocycles. The van der Waals surface area contributed by atoms with Crippen molar-refractivity contribution in [1.29, 1.82) is 0 Å². The van der Waals surface area contributed by atoms with E-state index < -0.39 is 19.2 Å². The van der Waals surface area contributed by atoms with Crippen molar-refractivity contribution in [3.8, 4) is 0 Å². The molecule has 0 heterocycles. The molecule has 0 aromatic rings. The molecule has 0 unspecified atom stereocenters. The molecule has 0 aromatic carbocycles. The Morgan fingerprint density at radius 3 is 1.56 bits per heavy atom. The molecule has 0 amide bonds. The Kier molecular flexibility index (Phi) is 2.42. The van der Waals surface area contributed by atoms with E-state index in [9.17, 15) is 17.7 Å². The predicted molar refractivity (Wildman–Crippen MR) is 22.4 cm³/mol. The Morgan fingerprint density at radius 2 is 1.56 bits per heavy atom. The van der Waals surface area contributed by atoms with Crippen LogP contribution >= 0.6 is 7.60 Å². The monoisotopic (exact) mass is 162 g/mol. The van der Waals surface area contributed by atoms with Crippen LogP contribution in [0.25, 0.3) is 0 Å². The first-order valence-corrected chi connectivity index (χ1v) is 3.24. The van der Waals surface area contributed by atoms with E-state index in [-0.39, 0.29) is 0 Å². The van der Waals surface area contributed by atoms with Gasteiger partial charge in [-0.25, -0.2) is 0 Å². The Hall–Kier alpha value is -0.320. The lowest BCUT2D eigenvalue weighted by molar-refractivity contribution is 0.342. The SMILES string of the molecule is O=P(O)(O)C(F)=C(F)F. The van der Waals surface area contributed by atoms with Crippen molar-refractivity contribution in [1.82, 2.24) is 0 Å². The average Bonchev–Trinajstić information content (AvgIpc) is 1.62. The van der Waals surface area contributed by atoms with Gasteiger partial charge >= 0.3 is 13.7 Å². The molecule has 0 aliphatic heterocycles. The molecule has 0 aliphatic rings. The summed E-state index contributed by atoms with van der Waals surface area (Å²) in [5, 5.41) is 0. The van der Waals surface area contributed by atoms with E-state index in [1.807, 2.05) is 0 Å². The lowest BCUT2D eigenvalue weighted by Gasteiger charge is -1.95. The molecule has 0 saturated heterocycles. The highest BCUT2D eigenvalue weighted by Crippen LogP contribution is 2.47. The summed E-state index contributed by atoms with van der Waals surface area (Å²) in [6.45, 7) is 0. The van der Waals surface area contributed by atoms with Crippen molar-refractivity contribution in [2.45, 2.75) is 0 Å². The first kappa shape index (κ1) is 8.68. The summed E-state index contributed by atoms with van der Waals surface area (Å²) in [7, 11) is -5.35. The summed E-state index contributed by atoms with van der Waals surface area (Å²) in [5.74, 6) is 0. The zero-order valence-electron chi connectivity index (χ0n) is 3.88. The van der Waals surface area contributed by atoms with Gasteiger partial charge in [-0.15, -0.1) is 0 Å². The third-order valence-electron chi connectivity index (χ3n) is 0.412. The van der Waals surface area contributed by atoms with Crippen LogP contribution < -0.4 is 0 Å². The van der Waals surface area contributed by atoms with Crippen LogP contribution in [0.4, 0.5) is 13.2 Å². The van der Waals surface area contributed by atoms with E-state index in [0.29, 0.717) is 0 Å². The van der Waals surface area contributed by atoms with Crippen molar-refractivity contribution in [2.75, 3.05) is 0 Å². The highest BCUT2D eigenvalue weighted by molar-refractivity contribution is 7.56. The van der Waals surface area contributed by atoms with Gasteiger partial charge < -0.3 is 9.79 Å². The van der Waals surface area contributed by atoms with E-state index in [2.05, 4.69) is 0 Å². The van der Waals surface area contributed by atoms with E-state index in [0.717, 1.165) is 0 Å². The third kappa shape index (κ3) is 2.64. The molecule has 9 heavy (non-hydrogen) atoms. The Bertz CT molecular complexity index is 177. The Labute approximate surface area is 48.0 Å². The molecule has 0 aromatic heterocycles. The molecule has 0 atom stereocenters. The van der Waals surface area contributed by atoms with Crippen LogP contribution in [0, 0.1) is 0 Å². The number of halogens is 3. The summed E-state index contributed by atoms with van der Waals surface area (Å²) in [5.41, 5.74) is -2.66. The highest BCUT2D eigenvalue weighted by atomic mass is 31.2. The minimum atomic E-state index is -5.35. The Balaban J connectivity index is 4.62. The van der Waals surface area contributed by atoms with Gasteiger partial charge in [0.15, 0.2) is 0 Å². The van der Waals surface area contributed by atoms with Crippen LogP contribution in [0.5, 0.6) is 0 Å². The van der Waals surface area contributed by atoms with Crippen LogP contribution in [-0.2, 0) is 4.57 Å². The minimum Gasteiger partial charge on any atom is -0.319 e. The van der Waals surface area contributed by atoms with Crippen molar-refractivity contribution in [3.63, 3.8) is 0 Å². The van der Waals surface area contributed by atoms with Crippen LogP contribution in [-0.4, -0.2) is 9.79 Å². The van der Waals surface area contributed by atoms with Gasteiger partial charge in [-0.1, -0.05) is 0 Å². The van der Waals surface area contributed by atoms with E-state index in [4.69, 9.17) is 9.79 Å². The molecule has 0 aliphatic carbocycles. The second-order valence-corrected chi connectivity index (χ2v) is 2.58. The molecule has 0 bridgehead atoms. The van der Waals surface area contributed by atoms with Crippen LogP contribution in [0.3, 0.4) is 0 Å². The maximum atomic E-state index is 11.4. The maximum absolute atomic E-state index is 11.4. The minimum absolute atomic E-state index is 2.66. The van der Waals surface area contributed by atoms with Crippen LogP contribution in [0.2, 0.25) is 0 Å². The van der Waals surface area contributed by atoms with Gasteiger partial charge in [0.2, 0.25) is 0 Å². The normalized spacial score (nSPS) is 11.2. The first-order valence-electron chi connectivity index (χ1n) is 1.62.